The summed E-state index contributed by atoms with van der Waals surface area (Å²) in [4.78, 5) is 22.9. The van der Waals surface area contributed by atoms with Gasteiger partial charge in [-0.15, -0.1) is 0 Å². The van der Waals surface area contributed by atoms with E-state index >= 15 is 0 Å². The molecule has 2 N–H and O–H groups in total. The molecule has 5 heteroatoms. The Labute approximate surface area is 145 Å². The number of carbonyl (C=O) groups is 2. The Kier molecular flexibility index (Phi) is 6.46. The van der Waals surface area contributed by atoms with Gasteiger partial charge in [-0.05, 0) is 36.1 Å². The van der Waals surface area contributed by atoms with Crippen LogP contribution in [0, 0.1) is 17.7 Å². The fourth-order valence-electron chi connectivity index (χ4n) is 2.49. The van der Waals surface area contributed by atoms with Crippen LogP contribution in [0.5, 0.6) is 0 Å². The second-order valence-electron chi connectivity index (χ2n) is 5.79. The van der Waals surface area contributed by atoms with Gasteiger partial charge in [0, 0.05) is 0 Å². The van der Waals surface area contributed by atoms with Gasteiger partial charge in [0.2, 0.25) is 0 Å². The predicted octanol–water partition coefficient (Wildman–Crippen LogP) is 3.57. The van der Waals surface area contributed by atoms with E-state index in [9.17, 15) is 24.2 Å². The number of aliphatic carboxylic acids is 2. The highest BCUT2D eigenvalue weighted by atomic mass is 19.1. The molecule has 0 aliphatic heterocycles. The number of hydrogen-bond acceptors (Lipinski definition) is 2. The molecule has 0 amide bonds. The fourth-order valence-corrected chi connectivity index (χ4v) is 2.49. The first-order valence-electron chi connectivity index (χ1n) is 7.88. The summed E-state index contributed by atoms with van der Waals surface area (Å²) in [5.41, 5.74) is 1.54. The normalized spacial score (nSPS) is 13.5. The van der Waals surface area contributed by atoms with Crippen LogP contribution in [0.1, 0.15) is 11.1 Å². The number of benzene rings is 2. The minimum absolute atomic E-state index is 0.170. The Bertz CT molecular complexity index is 738. The van der Waals surface area contributed by atoms with Crippen LogP contribution in [0.3, 0.4) is 0 Å². The molecule has 0 aliphatic rings. The average molecular weight is 342 g/mol. The molecule has 0 bridgehead atoms. The number of rotatable bonds is 8. The first-order valence-corrected chi connectivity index (χ1v) is 7.88. The van der Waals surface area contributed by atoms with Crippen molar-refractivity contribution in [2.75, 3.05) is 0 Å². The Morgan fingerprint density at radius 2 is 1.24 bits per heavy atom. The summed E-state index contributed by atoms with van der Waals surface area (Å²) in [6.07, 6.45) is 3.30. The first kappa shape index (κ1) is 18.4. The largest absolute Gasteiger partial charge is 0.481 e. The molecule has 25 heavy (non-hydrogen) atoms. The minimum atomic E-state index is -1.05. The summed E-state index contributed by atoms with van der Waals surface area (Å²) >= 11 is 0. The van der Waals surface area contributed by atoms with Gasteiger partial charge in [-0.3, -0.25) is 9.59 Å². The van der Waals surface area contributed by atoms with Crippen LogP contribution < -0.4 is 0 Å². The highest BCUT2D eigenvalue weighted by molar-refractivity contribution is 5.75. The van der Waals surface area contributed by atoms with Crippen molar-refractivity contribution in [2.24, 2.45) is 11.8 Å². The Morgan fingerprint density at radius 3 is 1.68 bits per heavy atom. The molecule has 2 rings (SSSR count). The second kappa shape index (κ2) is 8.78. The lowest BCUT2D eigenvalue weighted by Gasteiger charge is -2.11. The molecule has 0 fully saturated rings. The SMILES string of the molecule is O=C(O)[C@H](/C=C/[C@H](Cc1ccc(F)cc1)C(=O)O)Cc1ccccc1. The summed E-state index contributed by atoms with van der Waals surface area (Å²) < 4.78 is 12.9. The maximum absolute atomic E-state index is 12.9. The number of hydrogen-bond donors (Lipinski definition) is 2. The zero-order valence-electron chi connectivity index (χ0n) is 13.5. The van der Waals surface area contributed by atoms with Crippen LogP contribution in [0.15, 0.2) is 66.7 Å². The highest BCUT2D eigenvalue weighted by Gasteiger charge is 2.19. The lowest BCUT2D eigenvalue weighted by molar-refractivity contribution is -0.141. The minimum Gasteiger partial charge on any atom is -0.481 e. The van der Waals surface area contributed by atoms with Crippen molar-refractivity contribution in [3.63, 3.8) is 0 Å². The Morgan fingerprint density at radius 1 is 0.800 bits per heavy atom. The van der Waals surface area contributed by atoms with Gasteiger partial charge < -0.3 is 10.2 Å². The lowest BCUT2D eigenvalue weighted by Crippen LogP contribution is -2.17. The van der Waals surface area contributed by atoms with Crippen molar-refractivity contribution >= 4 is 11.9 Å². The van der Waals surface area contributed by atoms with Crippen LogP contribution in [-0.4, -0.2) is 22.2 Å². The molecule has 0 saturated heterocycles. The van der Waals surface area contributed by atoms with E-state index in [1.807, 2.05) is 30.3 Å². The maximum atomic E-state index is 12.9. The van der Waals surface area contributed by atoms with Gasteiger partial charge in [0.05, 0.1) is 11.8 Å². The van der Waals surface area contributed by atoms with E-state index in [0.29, 0.717) is 5.56 Å². The van der Waals surface area contributed by atoms with Crippen LogP contribution in [0.2, 0.25) is 0 Å². The van der Waals surface area contributed by atoms with E-state index in [2.05, 4.69) is 0 Å². The van der Waals surface area contributed by atoms with E-state index < -0.39 is 23.8 Å². The lowest BCUT2D eigenvalue weighted by atomic mass is 9.94. The fraction of sp³-hybridized carbons (Fsp3) is 0.200. The molecule has 0 radical (unpaired) electrons. The number of carboxylic acids is 2. The average Bonchev–Trinajstić information content (AvgIpc) is 2.59. The highest BCUT2D eigenvalue weighted by Crippen LogP contribution is 2.16. The molecule has 2 aromatic carbocycles. The molecule has 0 aliphatic carbocycles. The zero-order chi connectivity index (χ0) is 18.2. The van der Waals surface area contributed by atoms with Gasteiger partial charge in [0.25, 0.3) is 0 Å². The topological polar surface area (TPSA) is 74.6 Å². The van der Waals surface area contributed by atoms with E-state index in [0.717, 1.165) is 5.56 Å². The van der Waals surface area contributed by atoms with E-state index in [1.54, 1.807) is 0 Å². The van der Waals surface area contributed by atoms with Crippen LogP contribution >= 0.6 is 0 Å². The smallest absolute Gasteiger partial charge is 0.310 e. The molecule has 130 valence electrons. The van der Waals surface area contributed by atoms with Crippen molar-refractivity contribution in [3.8, 4) is 0 Å². The summed E-state index contributed by atoms with van der Waals surface area (Å²) in [6, 6.07) is 14.8. The summed E-state index contributed by atoms with van der Waals surface area (Å²) in [5.74, 6) is -4.13. The maximum Gasteiger partial charge on any atom is 0.310 e. The molecule has 0 unspecified atom stereocenters. The van der Waals surface area contributed by atoms with Gasteiger partial charge in [-0.1, -0.05) is 54.6 Å². The summed E-state index contributed by atoms with van der Waals surface area (Å²) in [7, 11) is 0. The molecular weight excluding hydrogens is 323 g/mol. The molecule has 0 spiro atoms. The number of carboxylic acid groups (broad SMARTS) is 2. The van der Waals surface area contributed by atoms with Crippen molar-refractivity contribution in [1.82, 2.24) is 0 Å². The molecular formula is C20H19FO4. The zero-order valence-corrected chi connectivity index (χ0v) is 13.5. The second-order valence-corrected chi connectivity index (χ2v) is 5.79. The van der Waals surface area contributed by atoms with Crippen molar-refractivity contribution < 1.29 is 24.2 Å². The predicted molar refractivity (Wildman–Crippen MR) is 91.6 cm³/mol. The Hall–Kier alpha value is -2.95. The van der Waals surface area contributed by atoms with Gasteiger partial charge in [0.15, 0.2) is 0 Å². The molecule has 0 aromatic heterocycles. The van der Waals surface area contributed by atoms with Crippen molar-refractivity contribution in [2.45, 2.75) is 12.8 Å². The summed E-state index contributed by atoms with van der Waals surface area (Å²) in [5, 5.41) is 18.7. The van der Waals surface area contributed by atoms with E-state index in [-0.39, 0.29) is 18.7 Å². The first-order chi connectivity index (χ1) is 12.0. The number of halogens is 1. The monoisotopic (exact) mass is 342 g/mol. The van der Waals surface area contributed by atoms with Gasteiger partial charge in [0.1, 0.15) is 5.82 Å². The molecule has 4 nitrogen and oxygen atoms in total. The third-order valence-corrected chi connectivity index (χ3v) is 3.88. The molecule has 0 saturated carbocycles. The Balaban J connectivity index is 2.10. The van der Waals surface area contributed by atoms with Crippen LogP contribution in [0.4, 0.5) is 4.39 Å². The van der Waals surface area contributed by atoms with E-state index in [1.165, 1.54) is 36.4 Å². The van der Waals surface area contributed by atoms with Crippen LogP contribution in [0.25, 0.3) is 0 Å². The van der Waals surface area contributed by atoms with E-state index in [4.69, 9.17) is 0 Å². The van der Waals surface area contributed by atoms with Gasteiger partial charge >= 0.3 is 11.9 Å². The van der Waals surface area contributed by atoms with Crippen LogP contribution in [-0.2, 0) is 22.4 Å². The van der Waals surface area contributed by atoms with Gasteiger partial charge in [-0.2, -0.15) is 0 Å². The standard InChI is InChI=1S/C20H19FO4/c21-18-10-6-15(7-11-18)13-17(20(24)25)9-8-16(19(22)23)12-14-4-2-1-3-5-14/h1-11,16-17H,12-13H2,(H,22,23)(H,24,25)/b9-8+/t16-,17-/m1/s1. The molecule has 2 aromatic rings. The van der Waals surface area contributed by atoms with Gasteiger partial charge in [-0.25, -0.2) is 4.39 Å². The van der Waals surface area contributed by atoms with Crippen molar-refractivity contribution in [1.29, 1.82) is 0 Å². The molecule has 2 atom stereocenters. The summed E-state index contributed by atoms with van der Waals surface area (Å²) in [6.45, 7) is 0. The van der Waals surface area contributed by atoms with Crippen molar-refractivity contribution in [3.05, 3.63) is 83.7 Å². The third-order valence-electron chi connectivity index (χ3n) is 3.88. The third kappa shape index (κ3) is 5.88. The molecule has 0 heterocycles. The quantitative estimate of drug-likeness (QED) is 0.719.